The van der Waals surface area contributed by atoms with Crippen LogP contribution < -0.4 is 5.56 Å². The fourth-order valence-corrected chi connectivity index (χ4v) is 2.15. The maximum absolute atomic E-state index is 11.9. The summed E-state index contributed by atoms with van der Waals surface area (Å²) < 4.78 is 6.48. The molecule has 2 aromatic heterocycles. The number of methoxy groups -OCH3 is 1. The second kappa shape index (κ2) is 3.69. The van der Waals surface area contributed by atoms with Crippen LogP contribution in [0.1, 0.15) is 35.1 Å². The molecule has 0 spiro atoms. The normalized spacial score (nSPS) is 15.0. The van der Waals surface area contributed by atoms with Crippen LogP contribution in [0.3, 0.4) is 0 Å². The van der Waals surface area contributed by atoms with E-state index in [1.54, 1.807) is 17.7 Å². The predicted octanol–water partition coefficient (Wildman–Crippen LogP) is 1.15. The first-order valence-corrected chi connectivity index (χ1v) is 5.82. The summed E-state index contributed by atoms with van der Waals surface area (Å²) in [4.78, 5) is 27.9. The summed E-state index contributed by atoms with van der Waals surface area (Å²) >= 11 is 0. The average Bonchev–Trinajstić information content (AvgIpc) is 3.14. The number of aromatic amines is 1. The van der Waals surface area contributed by atoms with Crippen LogP contribution in [-0.2, 0) is 4.74 Å². The van der Waals surface area contributed by atoms with Gasteiger partial charge in [-0.05, 0) is 25.8 Å². The smallest absolute Gasteiger partial charge is 0.358 e. The zero-order chi connectivity index (χ0) is 12.9. The minimum absolute atomic E-state index is 0.187. The highest BCUT2D eigenvalue weighted by atomic mass is 16.5. The molecule has 1 aliphatic rings. The van der Waals surface area contributed by atoms with Crippen LogP contribution in [0.25, 0.3) is 10.9 Å². The number of esters is 1. The third-order valence-electron chi connectivity index (χ3n) is 3.12. The van der Waals surface area contributed by atoms with Gasteiger partial charge in [-0.3, -0.25) is 14.6 Å². The number of hydrogen-bond acceptors (Lipinski definition) is 4. The van der Waals surface area contributed by atoms with Gasteiger partial charge in [0.1, 0.15) is 5.52 Å². The zero-order valence-electron chi connectivity index (χ0n) is 10.2. The second-order valence-electron chi connectivity index (χ2n) is 4.54. The van der Waals surface area contributed by atoms with Crippen LogP contribution >= 0.6 is 0 Å². The number of aromatic nitrogens is 3. The van der Waals surface area contributed by atoms with Crippen LogP contribution in [0.4, 0.5) is 0 Å². The van der Waals surface area contributed by atoms with Gasteiger partial charge in [0.25, 0.3) is 5.56 Å². The van der Waals surface area contributed by atoms with Gasteiger partial charge in [0.15, 0.2) is 5.69 Å². The van der Waals surface area contributed by atoms with E-state index in [2.05, 4.69) is 10.1 Å². The van der Waals surface area contributed by atoms with Gasteiger partial charge in [0, 0.05) is 5.69 Å². The highest BCUT2D eigenvalue weighted by Gasteiger charge is 2.29. The number of hydrogen-bond donors (Lipinski definition) is 1. The van der Waals surface area contributed by atoms with Crippen molar-refractivity contribution in [3.05, 3.63) is 27.8 Å². The van der Waals surface area contributed by atoms with Gasteiger partial charge in [-0.25, -0.2) is 9.78 Å². The Morgan fingerprint density at radius 3 is 2.89 bits per heavy atom. The molecule has 0 bridgehead atoms. The SMILES string of the molecule is COC(=O)c1nc(C)cc2c(=O)[nH]n(C3CC3)c12. The molecule has 0 radical (unpaired) electrons. The Labute approximate surface area is 103 Å². The number of H-pyrrole nitrogens is 1. The number of fused-ring (bicyclic) bond motifs is 1. The quantitative estimate of drug-likeness (QED) is 0.808. The van der Waals surface area contributed by atoms with Gasteiger partial charge in [-0.2, -0.15) is 0 Å². The van der Waals surface area contributed by atoms with Crippen molar-refractivity contribution in [1.82, 2.24) is 14.8 Å². The van der Waals surface area contributed by atoms with E-state index in [1.807, 2.05) is 0 Å². The van der Waals surface area contributed by atoms with Crippen LogP contribution in [0.2, 0.25) is 0 Å². The largest absolute Gasteiger partial charge is 0.464 e. The van der Waals surface area contributed by atoms with E-state index in [4.69, 9.17) is 4.74 Å². The first-order valence-electron chi connectivity index (χ1n) is 5.82. The molecule has 6 nitrogen and oxygen atoms in total. The van der Waals surface area contributed by atoms with Gasteiger partial charge in [0.2, 0.25) is 0 Å². The number of nitrogens with one attached hydrogen (secondary N) is 1. The van der Waals surface area contributed by atoms with Crippen LogP contribution in [0.15, 0.2) is 10.9 Å². The van der Waals surface area contributed by atoms with Gasteiger partial charge < -0.3 is 4.74 Å². The Morgan fingerprint density at radius 1 is 1.56 bits per heavy atom. The van der Waals surface area contributed by atoms with Crippen molar-refractivity contribution in [3.8, 4) is 0 Å². The Hall–Kier alpha value is -2.11. The summed E-state index contributed by atoms with van der Waals surface area (Å²) in [5, 5.41) is 3.27. The van der Waals surface area contributed by atoms with Crippen molar-refractivity contribution in [2.24, 2.45) is 0 Å². The summed E-state index contributed by atoms with van der Waals surface area (Å²) in [6.45, 7) is 1.75. The molecule has 1 saturated carbocycles. The molecule has 3 rings (SSSR count). The van der Waals surface area contributed by atoms with Crippen LogP contribution in [-0.4, -0.2) is 27.8 Å². The summed E-state index contributed by atoms with van der Waals surface area (Å²) in [7, 11) is 1.31. The average molecular weight is 247 g/mol. The number of pyridine rings is 1. The molecular formula is C12H13N3O3. The van der Waals surface area contributed by atoms with Crippen molar-refractivity contribution in [2.75, 3.05) is 7.11 Å². The van der Waals surface area contributed by atoms with Crippen molar-refractivity contribution in [2.45, 2.75) is 25.8 Å². The summed E-state index contributed by atoms with van der Waals surface area (Å²) in [5.74, 6) is -0.517. The molecule has 18 heavy (non-hydrogen) atoms. The van der Waals surface area contributed by atoms with Crippen molar-refractivity contribution in [3.63, 3.8) is 0 Å². The molecular weight excluding hydrogens is 234 g/mol. The minimum Gasteiger partial charge on any atom is -0.464 e. The number of ether oxygens (including phenoxy) is 1. The Balaban J connectivity index is 2.38. The van der Waals surface area contributed by atoms with E-state index in [9.17, 15) is 9.59 Å². The summed E-state index contributed by atoms with van der Waals surface area (Å²) in [5.41, 5.74) is 1.20. The van der Waals surface area contributed by atoms with Gasteiger partial charge in [0.05, 0.1) is 18.5 Å². The number of rotatable bonds is 2. The monoisotopic (exact) mass is 247 g/mol. The standard InChI is InChI=1S/C12H13N3O3/c1-6-5-8-10(9(13-6)12(17)18-2)15(7-3-4-7)14-11(8)16/h5,7H,3-4H2,1-2H3,(H,14,16). The fourth-order valence-electron chi connectivity index (χ4n) is 2.15. The molecule has 0 unspecified atom stereocenters. The Kier molecular flexibility index (Phi) is 2.26. The number of carbonyl (C=O) groups is 1. The molecule has 94 valence electrons. The van der Waals surface area contributed by atoms with Crippen LogP contribution in [0, 0.1) is 6.92 Å². The highest BCUT2D eigenvalue weighted by molar-refractivity contribution is 6.01. The van der Waals surface area contributed by atoms with Crippen molar-refractivity contribution < 1.29 is 9.53 Å². The van der Waals surface area contributed by atoms with E-state index in [0.29, 0.717) is 16.6 Å². The van der Waals surface area contributed by atoms with E-state index in [1.165, 1.54) is 7.11 Å². The van der Waals surface area contributed by atoms with Gasteiger partial charge in [-0.15, -0.1) is 0 Å². The fraction of sp³-hybridized carbons (Fsp3) is 0.417. The maximum atomic E-state index is 11.9. The molecule has 0 atom stereocenters. The summed E-state index contributed by atoms with van der Waals surface area (Å²) in [6.07, 6.45) is 2.02. The van der Waals surface area contributed by atoms with Gasteiger partial charge >= 0.3 is 5.97 Å². The number of nitrogens with zero attached hydrogens (tertiary/aromatic N) is 2. The first-order chi connectivity index (χ1) is 8.61. The Morgan fingerprint density at radius 2 is 2.28 bits per heavy atom. The lowest BCUT2D eigenvalue weighted by Crippen LogP contribution is -2.09. The van der Waals surface area contributed by atoms with E-state index in [0.717, 1.165) is 12.8 Å². The molecule has 2 aromatic rings. The lowest BCUT2D eigenvalue weighted by Gasteiger charge is -2.06. The molecule has 1 N–H and O–H groups in total. The number of carbonyl (C=O) groups excluding carboxylic acids is 1. The molecule has 2 heterocycles. The predicted molar refractivity (Wildman–Crippen MR) is 64.7 cm³/mol. The van der Waals surface area contributed by atoms with E-state index < -0.39 is 5.97 Å². The molecule has 1 fully saturated rings. The molecule has 1 aliphatic carbocycles. The van der Waals surface area contributed by atoms with Gasteiger partial charge in [-0.1, -0.05) is 0 Å². The topological polar surface area (TPSA) is 77.0 Å². The van der Waals surface area contributed by atoms with E-state index >= 15 is 0 Å². The molecule has 0 amide bonds. The summed E-state index contributed by atoms with van der Waals surface area (Å²) in [6, 6.07) is 1.96. The molecule has 0 saturated heterocycles. The molecule has 0 aliphatic heterocycles. The van der Waals surface area contributed by atoms with Crippen molar-refractivity contribution in [1.29, 1.82) is 0 Å². The third-order valence-corrected chi connectivity index (χ3v) is 3.12. The third kappa shape index (κ3) is 1.53. The lowest BCUT2D eigenvalue weighted by atomic mass is 10.2. The van der Waals surface area contributed by atoms with Crippen LogP contribution in [0.5, 0.6) is 0 Å². The zero-order valence-corrected chi connectivity index (χ0v) is 10.2. The minimum atomic E-state index is -0.517. The molecule has 6 heteroatoms. The van der Waals surface area contributed by atoms with Crippen molar-refractivity contribution >= 4 is 16.9 Å². The maximum Gasteiger partial charge on any atom is 0.358 e. The second-order valence-corrected chi connectivity index (χ2v) is 4.54. The highest BCUT2D eigenvalue weighted by Crippen LogP contribution is 2.36. The van der Waals surface area contributed by atoms with E-state index in [-0.39, 0.29) is 17.3 Å². The first kappa shape index (κ1) is 11.0. The molecule has 0 aromatic carbocycles. The number of aryl methyl sites for hydroxylation is 1. The lowest BCUT2D eigenvalue weighted by molar-refractivity contribution is 0.0595. The Bertz CT molecular complexity index is 694.